The summed E-state index contributed by atoms with van der Waals surface area (Å²) in [6.07, 6.45) is 12.1. The Morgan fingerprint density at radius 2 is 1.93 bits per heavy atom. The maximum Gasteiger partial charge on any atom is 0.186 e. The second-order valence-corrected chi connectivity index (χ2v) is 15.5. The van der Waals surface area contributed by atoms with Gasteiger partial charge in [-0.3, -0.25) is 0 Å². The van der Waals surface area contributed by atoms with Gasteiger partial charge < -0.3 is 25.2 Å². The van der Waals surface area contributed by atoms with Crippen molar-refractivity contribution in [3.05, 3.63) is 33.5 Å². The number of nitrogens with two attached hydrogens (primary N) is 1. The second-order valence-electron chi connectivity index (χ2n) is 14.3. The first-order chi connectivity index (χ1) is 22.2. The Balaban J connectivity index is 1.28. The van der Waals surface area contributed by atoms with Gasteiger partial charge in [0.2, 0.25) is 0 Å². The monoisotopic (exact) mass is 641 g/mol. The molecule has 0 radical (unpaired) electrons. The predicted octanol–water partition coefficient (Wildman–Crippen LogP) is 5.35. The van der Waals surface area contributed by atoms with Crippen LogP contribution in [0, 0.1) is 11.3 Å². The highest BCUT2D eigenvalue weighted by molar-refractivity contribution is 7.16. The third kappa shape index (κ3) is 4.57. The van der Waals surface area contributed by atoms with E-state index in [1.807, 2.05) is 13.1 Å². The number of nitrogen functional groups attached to an aromatic ring is 1. The Bertz CT molecular complexity index is 1850. The summed E-state index contributed by atoms with van der Waals surface area (Å²) in [5.74, 6) is 2.25. The molecule has 0 amide bonds. The average Bonchev–Trinajstić information content (AvgIpc) is 3.81. The summed E-state index contributed by atoms with van der Waals surface area (Å²) in [6.45, 7) is 6.76. The van der Waals surface area contributed by atoms with Crippen molar-refractivity contribution < 1.29 is 9.63 Å². The number of likely N-dealkylation sites (N-methyl/N-ethyl adjacent to an activating group) is 1. The topological polar surface area (TPSA) is 146 Å². The molecule has 0 saturated carbocycles. The van der Waals surface area contributed by atoms with E-state index in [9.17, 15) is 10.4 Å². The van der Waals surface area contributed by atoms with Crippen molar-refractivity contribution in [3.63, 3.8) is 0 Å². The van der Waals surface area contributed by atoms with Gasteiger partial charge in [0.05, 0.1) is 34.2 Å². The minimum Gasteiger partial charge on any atom is -0.390 e. The molecule has 4 aliphatic rings. The van der Waals surface area contributed by atoms with Gasteiger partial charge >= 0.3 is 0 Å². The molecule has 8 rings (SSSR count). The minimum atomic E-state index is -0.693. The van der Waals surface area contributed by atoms with Crippen molar-refractivity contribution in [3.8, 4) is 17.6 Å². The molecular weight excluding hydrogens is 599 g/mol. The number of aryl methyl sites for hydroxylation is 1. The first kappa shape index (κ1) is 29.8. The van der Waals surface area contributed by atoms with Crippen molar-refractivity contribution in [2.24, 2.45) is 0 Å². The van der Waals surface area contributed by atoms with Crippen LogP contribution in [-0.2, 0) is 18.3 Å². The zero-order valence-corrected chi connectivity index (χ0v) is 27.9. The highest BCUT2D eigenvalue weighted by Gasteiger charge is 2.49. The molecule has 12 heteroatoms. The molecule has 4 unspecified atom stereocenters. The van der Waals surface area contributed by atoms with Crippen molar-refractivity contribution in [2.45, 2.75) is 108 Å². The van der Waals surface area contributed by atoms with Crippen LogP contribution in [0.15, 0.2) is 10.7 Å². The van der Waals surface area contributed by atoms with Gasteiger partial charge in [-0.05, 0) is 104 Å². The van der Waals surface area contributed by atoms with E-state index in [4.69, 9.17) is 30.5 Å². The summed E-state index contributed by atoms with van der Waals surface area (Å²) < 4.78 is 8.43. The second kappa shape index (κ2) is 11.0. The van der Waals surface area contributed by atoms with E-state index in [-0.39, 0.29) is 6.04 Å². The van der Waals surface area contributed by atoms with Crippen LogP contribution >= 0.6 is 11.3 Å². The summed E-state index contributed by atoms with van der Waals surface area (Å²) in [5, 5.41) is 32.2. The van der Waals surface area contributed by atoms with Gasteiger partial charge in [0.1, 0.15) is 16.9 Å². The molecular formula is C34H43N9O2S. The Morgan fingerprint density at radius 3 is 2.72 bits per heavy atom. The number of nitrogens with zero attached hydrogens (tertiary/aromatic N) is 8. The lowest BCUT2D eigenvalue weighted by molar-refractivity contribution is 0.0481. The lowest BCUT2D eigenvalue weighted by Gasteiger charge is -2.39. The molecule has 11 nitrogen and oxygen atoms in total. The van der Waals surface area contributed by atoms with Crippen molar-refractivity contribution in [2.75, 3.05) is 37.3 Å². The van der Waals surface area contributed by atoms with Crippen molar-refractivity contribution >= 4 is 33.2 Å². The lowest BCUT2D eigenvalue weighted by atomic mass is 9.63. The molecule has 4 aromatic rings. The van der Waals surface area contributed by atoms with Crippen LogP contribution in [0.3, 0.4) is 0 Å². The van der Waals surface area contributed by atoms with Gasteiger partial charge in [0, 0.05) is 29.6 Å². The van der Waals surface area contributed by atoms with Gasteiger partial charge in [0.25, 0.3) is 0 Å². The van der Waals surface area contributed by atoms with E-state index in [0.29, 0.717) is 41.1 Å². The lowest BCUT2D eigenvalue weighted by Crippen LogP contribution is -2.35. The van der Waals surface area contributed by atoms with Crippen LogP contribution < -0.4 is 10.6 Å². The van der Waals surface area contributed by atoms with E-state index in [1.165, 1.54) is 11.3 Å². The van der Waals surface area contributed by atoms with Gasteiger partial charge in [-0.1, -0.05) is 5.16 Å². The number of aliphatic hydroxyl groups is 1. The molecule has 0 aromatic carbocycles. The Labute approximate surface area is 273 Å². The molecule has 6 heterocycles. The molecule has 2 fully saturated rings. The number of nitriles is 1. The number of likely N-dealkylation sites (tertiary alicyclic amines) is 1. The van der Waals surface area contributed by atoms with Crippen LogP contribution in [0.1, 0.15) is 105 Å². The number of anilines is 2. The third-order valence-corrected chi connectivity index (χ3v) is 12.5. The fraction of sp³-hybridized carbons (Fsp3) is 0.618. The minimum absolute atomic E-state index is 0.133. The maximum absolute atomic E-state index is 10.9. The predicted molar refractivity (Wildman–Crippen MR) is 178 cm³/mol. The summed E-state index contributed by atoms with van der Waals surface area (Å²) in [5.41, 5.74) is 9.50. The number of thiophene rings is 1. The SMILES string of the molecule is CC(C1CCCN1C)n1ncc2c(N3CCCC(C)(O)CC3)nc(-c3noc4c3CCCC43CCCc4sc(N)c(C#N)c43)nc21. The van der Waals surface area contributed by atoms with E-state index >= 15 is 0 Å². The Hall–Kier alpha value is -3.53. The van der Waals surface area contributed by atoms with E-state index in [0.717, 1.165) is 105 Å². The first-order valence-corrected chi connectivity index (χ1v) is 17.8. The fourth-order valence-corrected chi connectivity index (χ4v) is 10.1. The molecule has 4 aromatic heterocycles. The summed E-state index contributed by atoms with van der Waals surface area (Å²) in [6, 6.07) is 2.93. The highest BCUT2D eigenvalue weighted by Crippen LogP contribution is 2.55. The van der Waals surface area contributed by atoms with Crippen LogP contribution in [0.2, 0.25) is 0 Å². The molecule has 242 valence electrons. The summed E-state index contributed by atoms with van der Waals surface area (Å²) in [4.78, 5) is 16.4. The smallest absolute Gasteiger partial charge is 0.186 e. The first-order valence-electron chi connectivity index (χ1n) is 16.9. The van der Waals surface area contributed by atoms with Gasteiger partial charge in [0.15, 0.2) is 22.9 Å². The average molecular weight is 642 g/mol. The van der Waals surface area contributed by atoms with Crippen LogP contribution in [0.25, 0.3) is 22.6 Å². The molecule has 2 aliphatic heterocycles. The maximum atomic E-state index is 10.9. The highest BCUT2D eigenvalue weighted by atomic mass is 32.1. The zero-order chi connectivity index (χ0) is 31.8. The Morgan fingerprint density at radius 1 is 1.11 bits per heavy atom. The third-order valence-electron chi connectivity index (χ3n) is 11.4. The van der Waals surface area contributed by atoms with E-state index < -0.39 is 11.0 Å². The number of rotatable bonds is 4. The quantitative estimate of drug-likeness (QED) is 0.299. The van der Waals surface area contributed by atoms with Crippen LogP contribution in [-0.4, -0.2) is 73.2 Å². The fourth-order valence-electron chi connectivity index (χ4n) is 8.96. The number of hydrogen-bond acceptors (Lipinski definition) is 11. The number of fused-ring (bicyclic) bond motifs is 5. The van der Waals surface area contributed by atoms with Gasteiger partial charge in [-0.15, -0.1) is 11.3 Å². The summed E-state index contributed by atoms with van der Waals surface area (Å²) >= 11 is 1.56. The molecule has 3 N–H and O–H groups in total. The Kier molecular flexibility index (Phi) is 7.16. The van der Waals surface area contributed by atoms with Crippen molar-refractivity contribution in [1.29, 1.82) is 5.26 Å². The standard InChI is InChI=1S/C34H43N9O2S/c1-20(24-9-6-15-41(24)3)43-32-23(19-37-43)31(42-16-7-11-33(2,44)14-17-42)38-30(39-32)27-21-8-4-12-34(28(21)45-40-27)13-5-10-25-26(34)22(18-35)29(36)46-25/h19-20,24,44H,4-17,36H2,1-3H3. The van der Waals surface area contributed by atoms with Crippen molar-refractivity contribution in [1.82, 2.24) is 29.8 Å². The number of hydrogen-bond donors (Lipinski definition) is 2. The van der Waals surface area contributed by atoms with Gasteiger partial charge in [-0.25, -0.2) is 14.6 Å². The largest absolute Gasteiger partial charge is 0.390 e. The molecule has 4 atom stereocenters. The van der Waals surface area contributed by atoms with Crippen LogP contribution in [0.4, 0.5) is 10.8 Å². The van der Waals surface area contributed by atoms with Gasteiger partial charge in [-0.2, -0.15) is 10.4 Å². The molecule has 2 aliphatic carbocycles. The molecule has 0 bridgehead atoms. The van der Waals surface area contributed by atoms with Crippen LogP contribution in [0.5, 0.6) is 0 Å². The molecule has 46 heavy (non-hydrogen) atoms. The van der Waals surface area contributed by atoms with E-state index in [1.54, 1.807) is 11.3 Å². The zero-order valence-electron chi connectivity index (χ0n) is 27.1. The van der Waals surface area contributed by atoms with E-state index in [2.05, 4.69) is 34.5 Å². The number of aromatic nitrogens is 5. The normalized spacial score (nSPS) is 27.5. The molecule has 1 spiro atoms. The molecule has 2 saturated heterocycles. The summed E-state index contributed by atoms with van der Waals surface area (Å²) in [7, 11) is 2.20.